The molecule has 0 saturated carbocycles. The average molecular weight is 664 g/mol. The van der Waals surface area contributed by atoms with Crippen LogP contribution in [0.25, 0.3) is 93.6 Å². The smallest absolute Gasteiger partial charge is 0.0667 e. The molecular formula is C48H31N3. The van der Waals surface area contributed by atoms with Crippen molar-refractivity contribution in [3.05, 3.63) is 188 Å². The molecule has 3 heterocycles. The highest BCUT2D eigenvalue weighted by atomic mass is 15.0. The van der Waals surface area contributed by atoms with Crippen LogP contribution in [0.15, 0.2) is 188 Å². The summed E-state index contributed by atoms with van der Waals surface area (Å²) >= 11 is 0. The van der Waals surface area contributed by atoms with E-state index in [4.69, 9.17) is 11.0 Å². The van der Waals surface area contributed by atoms with E-state index in [-0.39, 0.29) is 67.3 Å². The van der Waals surface area contributed by atoms with Gasteiger partial charge < -0.3 is 13.7 Å². The molecule has 0 aliphatic carbocycles. The van der Waals surface area contributed by atoms with E-state index in [0.717, 1.165) is 32.1 Å². The molecule has 0 amide bonds. The number of aromatic nitrogens is 3. The van der Waals surface area contributed by atoms with Gasteiger partial charge in [-0.1, -0.05) is 109 Å². The van der Waals surface area contributed by atoms with Gasteiger partial charge in [0.2, 0.25) is 0 Å². The lowest BCUT2D eigenvalue weighted by Crippen LogP contribution is -1.96. The third-order valence-electron chi connectivity index (χ3n) is 9.52. The molecule has 0 atom stereocenters. The highest BCUT2D eigenvalue weighted by Gasteiger charge is 2.18. The van der Waals surface area contributed by atoms with Crippen LogP contribution >= 0.6 is 0 Å². The Morgan fingerprint density at radius 1 is 0.314 bits per heavy atom. The summed E-state index contributed by atoms with van der Waals surface area (Å²) in [5.74, 6) is 0. The van der Waals surface area contributed by atoms with Gasteiger partial charge in [0.05, 0.1) is 52.3 Å². The van der Waals surface area contributed by atoms with Crippen molar-refractivity contribution in [2.24, 2.45) is 0 Å². The van der Waals surface area contributed by atoms with Crippen molar-refractivity contribution < 1.29 is 19.2 Å². The Balaban J connectivity index is 1.30. The van der Waals surface area contributed by atoms with E-state index in [1.807, 2.05) is 66.7 Å². The first kappa shape index (κ1) is 17.7. The van der Waals surface area contributed by atoms with E-state index in [2.05, 4.69) is 4.57 Å². The van der Waals surface area contributed by atoms with Crippen LogP contribution in [0.1, 0.15) is 19.2 Å². The normalized spacial score (nSPS) is 15.8. The maximum absolute atomic E-state index is 10.0. The Kier molecular flexibility index (Phi) is 3.76. The zero-order valence-corrected chi connectivity index (χ0v) is 26.7. The SMILES string of the molecule is [2H]c1c(-n2c3c([2H])c([2H])c([2H])c([2H])c3c3c([2H])c([2H])c([2H])c([2H])c32)c([2H])c2c(c1[2H])c1c([2H])c(-c3ccc4c(c3)c3ccccc3n4-c3ccccc3)c([2H])c([2H])c1n2-c1ccccc1. The minimum absolute atomic E-state index is 0.0244. The van der Waals surface area contributed by atoms with Crippen molar-refractivity contribution in [2.45, 2.75) is 0 Å². The van der Waals surface area contributed by atoms with Gasteiger partial charge in [0.1, 0.15) is 0 Å². The Labute approximate surface area is 314 Å². The van der Waals surface area contributed by atoms with Gasteiger partial charge in [0.15, 0.2) is 0 Å². The lowest BCUT2D eigenvalue weighted by atomic mass is 10.0. The standard InChI is InChI=1S/C48H31N3/c1-3-13-34(14-4-1)49-45-22-12-9-19-39(45)41-29-32(23-27-46(41)49)33-24-28-47-42(30-33)40-26-25-36(31-48(40)50(47)35-15-5-2-6-16-35)51-43-20-10-7-17-37(43)38-18-8-11-21-44(38)51/h1-31H/i7D,8D,10D,11D,17D,18D,20D,21D,24D,25D,26D,28D,30D,31D. The number of fused-ring (bicyclic) bond motifs is 9. The summed E-state index contributed by atoms with van der Waals surface area (Å²) in [6.07, 6.45) is 0. The van der Waals surface area contributed by atoms with E-state index < -0.39 is 72.2 Å². The fourth-order valence-corrected chi connectivity index (χ4v) is 7.31. The molecule has 8 aromatic carbocycles. The van der Waals surface area contributed by atoms with Crippen LogP contribution < -0.4 is 0 Å². The van der Waals surface area contributed by atoms with Crippen molar-refractivity contribution in [1.82, 2.24) is 13.7 Å². The third-order valence-corrected chi connectivity index (χ3v) is 9.52. The Hall–Kier alpha value is -6.84. The first-order valence-electron chi connectivity index (χ1n) is 23.4. The molecule has 0 bridgehead atoms. The van der Waals surface area contributed by atoms with E-state index in [1.54, 1.807) is 36.4 Å². The summed E-state index contributed by atoms with van der Waals surface area (Å²) in [5.41, 5.74) is 2.65. The van der Waals surface area contributed by atoms with Gasteiger partial charge in [-0.15, -0.1) is 0 Å². The molecule has 11 aromatic rings. The van der Waals surface area contributed by atoms with E-state index >= 15 is 0 Å². The maximum Gasteiger partial charge on any atom is 0.0667 e. The second-order valence-electron chi connectivity index (χ2n) is 12.3. The molecule has 51 heavy (non-hydrogen) atoms. The Morgan fingerprint density at radius 3 is 1.61 bits per heavy atom. The van der Waals surface area contributed by atoms with Crippen LogP contribution in [0.5, 0.6) is 0 Å². The lowest BCUT2D eigenvalue weighted by Gasteiger charge is -2.11. The van der Waals surface area contributed by atoms with Crippen molar-refractivity contribution in [1.29, 1.82) is 0 Å². The van der Waals surface area contributed by atoms with Crippen molar-refractivity contribution in [2.75, 3.05) is 0 Å². The summed E-state index contributed by atoms with van der Waals surface area (Å²) in [6, 6.07) is 24.4. The van der Waals surface area contributed by atoms with E-state index in [0.29, 0.717) is 11.3 Å². The fourth-order valence-electron chi connectivity index (χ4n) is 7.31. The van der Waals surface area contributed by atoms with Crippen LogP contribution in [0.3, 0.4) is 0 Å². The van der Waals surface area contributed by atoms with Crippen LogP contribution in [0.4, 0.5) is 0 Å². The molecule has 0 unspecified atom stereocenters. The quantitative estimate of drug-likeness (QED) is 0.178. The molecule has 11 rings (SSSR count). The third kappa shape index (κ3) is 4.12. The summed E-state index contributed by atoms with van der Waals surface area (Å²) in [7, 11) is 0. The highest BCUT2D eigenvalue weighted by molar-refractivity contribution is 6.14. The van der Waals surface area contributed by atoms with Crippen LogP contribution in [0, 0.1) is 0 Å². The molecule has 0 radical (unpaired) electrons. The minimum Gasteiger partial charge on any atom is -0.309 e. The predicted molar refractivity (Wildman–Crippen MR) is 215 cm³/mol. The van der Waals surface area contributed by atoms with Gasteiger partial charge in [0.25, 0.3) is 0 Å². The fraction of sp³-hybridized carbons (Fsp3) is 0. The monoisotopic (exact) mass is 663 g/mol. The molecule has 3 aromatic heterocycles. The number of rotatable bonds is 4. The zero-order chi connectivity index (χ0) is 45.7. The largest absolute Gasteiger partial charge is 0.309 e. The van der Waals surface area contributed by atoms with E-state index in [9.17, 15) is 8.22 Å². The van der Waals surface area contributed by atoms with Gasteiger partial charge >= 0.3 is 0 Å². The number of nitrogens with zero attached hydrogens (tertiary/aromatic N) is 3. The summed E-state index contributed by atoms with van der Waals surface area (Å²) in [4.78, 5) is 0. The van der Waals surface area contributed by atoms with Gasteiger partial charge in [0, 0.05) is 49.4 Å². The molecule has 3 heteroatoms. The molecule has 3 nitrogen and oxygen atoms in total. The van der Waals surface area contributed by atoms with Crippen LogP contribution in [-0.2, 0) is 0 Å². The first-order chi connectivity index (χ1) is 31.2. The van der Waals surface area contributed by atoms with Crippen molar-refractivity contribution in [3.63, 3.8) is 0 Å². The van der Waals surface area contributed by atoms with Crippen molar-refractivity contribution in [3.8, 4) is 28.2 Å². The molecule has 0 spiro atoms. The van der Waals surface area contributed by atoms with Gasteiger partial charge in [-0.05, 0) is 89.8 Å². The zero-order valence-electron chi connectivity index (χ0n) is 40.7. The topological polar surface area (TPSA) is 14.8 Å². The second kappa shape index (κ2) is 10.8. The van der Waals surface area contributed by atoms with E-state index in [1.165, 1.54) is 4.57 Å². The lowest BCUT2D eigenvalue weighted by molar-refractivity contribution is 1.15. The maximum atomic E-state index is 10.0. The average Bonchev–Trinajstić information content (AvgIpc) is 3.98. The molecular weight excluding hydrogens is 619 g/mol. The molecule has 0 aliphatic heterocycles. The van der Waals surface area contributed by atoms with Gasteiger partial charge in [-0.2, -0.15) is 0 Å². The van der Waals surface area contributed by atoms with Gasteiger partial charge in [-0.25, -0.2) is 0 Å². The van der Waals surface area contributed by atoms with Gasteiger partial charge in [-0.3, -0.25) is 0 Å². The highest BCUT2D eigenvalue weighted by Crippen LogP contribution is 2.40. The molecule has 0 N–H and O–H groups in total. The molecule has 0 saturated heterocycles. The Bertz CT molecular complexity index is 3850. The minimum atomic E-state index is -0.679. The summed E-state index contributed by atoms with van der Waals surface area (Å²) in [6.45, 7) is 0. The molecule has 0 fully saturated rings. The number of hydrogen-bond acceptors (Lipinski definition) is 0. The summed E-state index contributed by atoms with van der Waals surface area (Å²) in [5, 5.41) is 1.26. The number of para-hydroxylation sites is 5. The van der Waals surface area contributed by atoms with Crippen LogP contribution in [-0.4, -0.2) is 13.7 Å². The second-order valence-corrected chi connectivity index (χ2v) is 12.3. The number of hydrogen-bond donors (Lipinski definition) is 0. The molecule has 238 valence electrons. The number of benzene rings is 8. The Morgan fingerprint density at radius 2 is 0.882 bits per heavy atom. The molecule has 0 aliphatic rings. The van der Waals surface area contributed by atoms with Crippen molar-refractivity contribution >= 4 is 65.4 Å². The first-order valence-corrected chi connectivity index (χ1v) is 16.4. The van der Waals surface area contributed by atoms with Crippen LogP contribution in [0.2, 0.25) is 0 Å². The summed E-state index contributed by atoms with van der Waals surface area (Å²) < 4.78 is 133. The predicted octanol–water partition coefficient (Wildman–Crippen LogP) is 12.6.